The van der Waals surface area contributed by atoms with E-state index in [-0.39, 0.29) is 6.54 Å². The van der Waals surface area contributed by atoms with E-state index in [0.717, 1.165) is 17.9 Å². The van der Waals surface area contributed by atoms with E-state index in [0.29, 0.717) is 24.9 Å². The Bertz CT molecular complexity index is 677. The first-order chi connectivity index (χ1) is 12.7. The lowest BCUT2D eigenvalue weighted by molar-refractivity contribution is 0.186. The van der Waals surface area contributed by atoms with Crippen LogP contribution in [0.2, 0.25) is 0 Å². The fraction of sp³-hybridized carbons (Fsp3) is 0.350. The maximum atomic E-state index is 10.3. The molecule has 2 aromatic rings. The average Bonchev–Trinajstić information content (AvgIpc) is 2.69. The molecule has 0 heterocycles. The zero-order valence-corrected chi connectivity index (χ0v) is 15.3. The molecule has 1 unspecified atom stereocenters. The Morgan fingerprint density at radius 2 is 1.85 bits per heavy atom. The molecule has 1 atom stereocenters. The molecule has 26 heavy (non-hydrogen) atoms. The molecule has 0 aliphatic heterocycles. The summed E-state index contributed by atoms with van der Waals surface area (Å²) in [6.07, 6.45) is -0.693. The predicted molar refractivity (Wildman–Crippen MR) is 104 cm³/mol. The molecule has 6 heteroatoms. The monoisotopic (exact) mass is 357 g/mol. The third-order valence-electron chi connectivity index (χ3n) is 3.65. The zero-order chi connectivity index (χ0) is 18.6. The lowest BCUT2D eigenvalue weighted by Crippen LogP contribution is -2.39. The molecule has 3 N–H and O–H groups in total. The Labute approximate surface area is 154 Å². The van der Waals surface area contributed by atoms with Gasteiger partial charge >= 0.3 is 0 Å². The fourth-order valence-corrected chi connectivity index (χ4v) is 2.33. The van der Waals surface area contributed by atoms with E-state index in [4.69, 9.17) is 9.47 Å². The Hall–Kier alpha value is -2.73. The van der Waals surface area contributed by atoms with Gasteiger partial charge in [-0.1, -0.05) is 30.3 Å². The molecule has 0 saturated heterocycles. The Balaban J connectivity index is 1.82. The molecule has 0 radical (unpaired) electrons. The first-order valence-electron chi connectivity index (χ1n) is 8.75. The Kier molecular flexibility index (Phi) is 8.29. The third-order valence-corrected chi connectivity index (χ3v) is 3.65. The smallest absolute Gasteiger partial charge is 0.191 e. The second-order valence-corrected chi connectivity index (χ2v) is 5.60. The predicted octanol–water partition coefficient (Wildman–Crippen LogP) is 2.36. The van der Waals surface area contributed by atoms with Crippen LogP contribution in [0, 0.1) is 0 Å². The van der Waals surface area contributed by atoms with Crippen LogP contribution < -0.4 is 20.1 Å². The molecular formula is C20H27N3O3. The van der Waals surface area contributed by atoms with E-state index in [1.807, 2.05) is 61.5 Å². The van der Waals surface area contributed by atoms with Crippen LogP contribution in [0.5, 0.6) is 11.5 Å². The number of methoxy groups -OCH3 is 1. The Morgan fingerprint density at radius 1 is 1.08 bits per heavy atom. The molecule has 0 amide bonds. The van der Waals surface area contributed by atoms with E-state index in [9.17, 15) is 5.11 Å². The summed E-state index contributed by atoms with van der Waals surface area (Å²) in [6, 6.07) is 17.0. The number of para-hydroxylation sites is 1. The van der Waals surface area contributed by atoms with Crippen molar-refractivity contribution in [2.75, 3.05) is 33.4 Å². The van der Waals surface area contributed by atoms with Gasteiger partial charge in [0.2, 0.25) is 0 Å². The maximum absolute atomic E-state index is 10.3. The van der Waals surface area contributed by atoms with Crippen molar-refractivity contribution in [3.05, 3.63) is 60.2 Å². The van der Waals surface area contributed by atoms with E-state index >= 15 is 0 Å². The minimum Gasteiger partial charge on any atom is -0.497 e. The molecular weight excluding hydrogens is 330 g/mol. The van der Waals surface area contributed by atoms with Gasteiger partial charge < -0.3 is 25.2 Å². The van der Waals surface area contributed by atoms with Crippen LogP contribution in [0.25, 0.3) is 0 Å². The van der Waals surface area contributed by atoms with Gasteiger partial charge in [-0.15, -0.1) is 0 Å². The summed E-state index contributed by atoms with van der Waals surface area (Å²) in [5.41, 5.74) is 0.774. The number of aliphatic hydroxyl groups is 1. The normalized spacial score (nSPS) is 12.3. The molecule has 2 rings (SSSR count). The van der Waals surface area contributed by atoms with Gasteiger partial charge in [-0.25, -0.2) is 0 Å². The van der Waals surface area contributed by atoms with Crippen molar-refractivity contribution in [1.82, 2.24) is 10.6 Å². The van der Waals surface area contributed by atoms with Gasteiger partial charge in [-0.05, 0) is 36.8 Å². The Morgan fingerprint density at radius 3 is 2.58 bits per heavy atom. The van der Waals surface area contributed by atoms with E-state index in [2.05, 4.69) is 15.6 Å². The number of guanidine groups is 1. The van der Waals surface area contributed by atoms with Gasteiger partial charge in [0.1, 0.15) is 18.1 Å². The number of aliphatic hydroxyl groups excluding tert-OH is 1. The molecule has 0 bridgehead atoms. The van der Waals surface area contributed by atoms with E-state index in [1.54, 1.807) is 7.11 Å². The van der Waals surface area contributed by atoms with Crippen LogP contribution in [-0.4, -0.2) is 44.4 Å². The van der Waals surface area contributed by atoms with Gasteiger partial charge in [0.15, 0.2) is 5.96 Å². The molecule has 0 aliphatic carbocycles. The standard InChI is InChI=1S/C20H27N3O3/c1-3-21-20(22-12-13-26-17-9-5-4-6-10-17)23-15-19(24)16-8-7-11-18(14-16)25-2/h4-11,14,19,24H,3,12-13,15H2,1-2H3,(H2,21,22,23). The molecule has 0 aromatic heterocycles. The molecule has 140 valence electrons. The average molecular weight is 357 g/mol. The molecule has 0 spiro atoms. The molecule has 0 fully saturated rings. The summed E-state index contributed by atoms with van der Waals surface area (Å²) < 4.78 is 10.8. The minimum absolute atomic E-state index is 0.252. The number of aliphatic imine (C=N–C) groups is 1. The van der Waals surface area contributed by atoms with Crippen molar-refractivity contribution in [3.63, 3.8) is 0 Å². The summed E-state index contributed by atoms with van der Waals surface area (Å²) >= 11 is 0. The van der Waals surface area contributed by atoms with Crippen LogP contribution in [-0.2, 0) is 0 Å². The van der Waals surface area contributed by atoms with E-state index in [1.165, 1.54) is 0 Å². The number of rotatable bonds is 9. The van der Waals surface area contributed by atoms with Crippen molar-refractivity contribution in [1.29, 1.82) is 0 Å². The quantitative estimate of drug-likeness (QED) is 0.365. The van der Waals surface area contributed by atoms with Crippen LogP contribution in [0.4, 0.5) is 0 Å². The van der Waals surface area contributed by atoms with Crippen molar-refractivity contribution >= 4 is 5.96 Å². The van der Waals surface area contributed by atoms with Gasteiger partial charge in [-0.3, -0.25) is 4.99 Å². The van der Waals surface area contributed by atoms with Crippen molar-refractivity contribution < 1.29 is 14.6 Å². The van der Waals surface area contributed by atoms with Crippen LogP contribution in [0.1, 0.15) is 18.6 Å². The third kappa shape index (κ3) is 6.64. The van der Waals surface area contributed by atoms with Crippen molar-refractivity contribution in [2.24, 2.45) is 4.99 Å². The topological polar surface area (TPSA) is 75.1 Å². The van der Waals surface area contributed by atoms with Crippen molar-refractivity contribution in [2.45, 2.75) is 13.0 Å². The second kappa shape index (κ2) is 11.0. The lowest BCUT2D eigenvalue weighted by atomic mass is 10.1. The lowest BCUT2D eigenvalue weighted by Gasteiger charge is -2.14. The van der Waals surface area contributed by atoms with Gasteiger partial charge in [-0.2, -0.15) is 0 Å². The van der Waals surface area contributed by atoms with Gasteiger partial charge in [0.25, 0.3) is 0 Å². The van der Waals surface area contributed by atoms with Crippen LogP contribution in [0.3, 0.4) is 0 Å². The highest BCUT2D eigenvalue weighted by atomic mass is 16.5. The van der Waals surface area contributed by atoms with Crippen molar-refractivity contribution in [3.8, 4) is 11.5 Å². The summed E-state index contributed by atoms with van der Waals surface area (Å²) in [5, 5.41) is 16.7. The fourth-order valence-electron chi connectivity index (χ4n) is 2.33. The van der Waals surface area contributed by atoms with E-state index < -0.39 is 6.10 Å². The first kappa shape index (κ1) is 19.6. The number of hydrogen-bond acceptors (Lipinski definition) is 4. The molecule has 0 saturated carbocycles. The molecule has 0 aliphatic rings. The summed E-state index contributed by atoms with van der Waals surface area (Å²) in [7, 11) is 1.61. The first-order valence-corrected chi connectivity index (χ1v) is 8.75. The highest BCUT2D eigenvalue weighted by molar-refractivity contribution is 5.79. The molecule has 2 aromatic carbocycles. The van der Waals surface area contributed by atoms with Crippen LogP contribution >= 0.6 is 0 Å². The number of nitrogens with one attached hydrogen (secondary N) is 2. The number of nitrogens with zero attached hydrogens (tertiary/aromatic N) is 1. The van der Waals surface area contributed by atoms with Crippen LogP contribution in [0.15, 0.2) is 59.6 Å². The maximum Gasteiger partial charge on any atom is 0.191 e. The SMILES string of the molecule is CCNC(=NCC(O)c1cccc(OC)c1)NCCOc1ccccc1. The second-order valence-electron chi connectivity index (χ2n) is 5.60. The number of benzene rings is 2. The highest BCUT2D eigenvalue weighted by Crippen LogP contribution is 2.19. The highest BCUT2D eigenvalue weighted by Gasteiger charge is 2.08. The largest absolute Gasteiger partial charge is 0.497 e. The number of hydrogen-bond donors (Lipinski definition) is 3. The number of ether oxygens (including phenoxy) is 2. The summed E-state index contributed by atoms with van der Waals surface area (Å²) in [4.78, 5) is 4.44. The summed E-state index contributed by atoms with van der Waals surface area (Å²) in [6.45, 7) is 4.11. The zero-order valence-electron chi connectivity index (χ0n) is 15.3. The van der Waals surface area contributed by atoms with Gasteiger partial charge in [0.05, 0.1) is 26.3 Å². The van der Waals surface area contributed by atoms with Gasteiger partial charge in [0, 0.05) is 6.54 Å². The molecule has 6 nitrogen and oxygen atoms in total. The minimum atomic E-state index is -0.693. The summed E-state index contributed by atoms with van der Waals surface area (Å²) in [5.74, 6) is 2.20.